The van der Waals surface area contributed by atoms with Crippen molar-refractivity contribution in [2.75, 3.05) is 14.2 Å². The summed E-state index contributed by atoms with van der Waals surface area (Å²) in [6.45, 7) is 2.16. The average Bonchev–Trinajstić information content (AvgIpc) is 2.59. The summed E-state index contributed by atoms with van der Waals surface area (Å²) < 4.78 is 12.4. The van der Waals surface area contributed by atoms with Gasteiger partial charge in [-0.2, -0.15) is 5.26 Å². The maximum absolute atomic E-state index is 11.6. The summed E-state index contributed by atoms with van der Waals surface area (Å²) in [5, 5.41) is 9.04. The van der Waals surface area contributed by atoms with Crippen LogP contribution in [0.15, 0.2) is 36.7 Å². The molecule has 0 saturated heterocycles. The van der Waals surface area contributed by atoms with Gasteiger partial charge < -0.3 is 9.47 Å². The van der Waals surface area contributed by atoms with Gasteiger partial charge in [-0.1, -0.05) is 6.07 Å². The van der Waals surface area contributed by atoms with Crippen LogP contribution in [-0.4, -0.2) is 20.0 Å². The van der Waals surface area contributed by atoms with E-state index in [0.29, 0.717) is 29.2 Å². The molecule has 5 heteroatoms. The molecular weight excluding hydrogens is 292 g/mol. The molecule has 0 atom stereocenters. The van der Waals surface area contributed by atoms with Crippen LogP contribution in [0.5, 0.6) is 11.5 Å². The molecule has 0 aliphatic carbocycles. The smallest absolute Gasteiger partial charge is 0.180 e. The number of nitrogens with zero attached hydrogens (tertiary/aromatic N) is 2. The van der Waals surface area contributed by atoms with E-state index in [1.807, 2.05) is 35.0 Å². The minimum absolute atomic E-state index is 0.109. The molecule has 1 aromatic carbocycles. The molecule has 0 N–H and O–H groups in total. The zero-order valence-corrected chi connectivity index (χ0v) is 13.5. The molecule has 5 nitrogen and oxygen atoms in total. The van der Waals surface area contributed by atoms with Gasteiger partial charge in [-0.15, -0.1) is 0 Å². The lowest BCUT2D eigenvalue weighted by atomic mass is 10.1. The summed E-state index contributed by atoms with van der Waals surface area (Å²) in [6, 6.07) is 9.51. The van der Waals surface area contributed by atoms with Crippen LogP contribution < -0.4 is 14.0 Å². The SMILES string of the molecule is COc1ccc(CC[n+]2ccc(C#N)c(C(C)=O)c2)cc1OC. The lowest BCUT2D eigenvalue weighted by Gasteiger charge is -2.09. The van der Waals surface area contributed by atoms with E-state index in [1.54, 1.807) is 26.5 Å². The second-order valence-corrected chi connectivity index (χ2v) is 5.12. The number of ether oxygens (including phenoxy) is 2. The first-order valence-corrected chi connectivity index (χ1v) is 7.24. The summed E-state index contributed by atoms with van der Waals surface area (Å²) in [7, 11) is 3.21. The van der Waals surface area contributed by atoms with Gasteiger partial charge in [-0.25, -0.2) is 4.57 Å². The Morgan fingerprint density at radius 2 is 1.96 bits per heavy atom. The third-order valence-corrected chi connectivity index (χ3v) is 3.62. The highest BCUT2D eigenvalue weighted by molar-refractivity contribution is 5.95. The molecule has 1 aromatic heterocycles. The van der Waals surface area contributed by atoms with E-state index in [4.69, 9.17) is 14.7 Å². The molecule has 2 aromatic rings. The Morgan fingerprint density at radius 1 is 1.22 bits per heavy atom. The number of aromatic nitrogens is 1. The standard InChI is InChI=1S/C18H19N2O3/c1-13(21)16-12-20(9-7-15(16)11-19)8-6-14-4-5-17(22-2)18(10-14)23-3/h4-5,7,9-10,12H,6,8H2,1-3H3/q+1. The van der Waals surface area contributed by atoms with Crippen LogP contribution in [-0.2, 0) is 13.0 Å². The van der Waals surface area contributed by atoms with Crippen LogP contribution in [0.4, 0.5) is 0 Å². The predicted molar refractivity (Wildman–Crippen MR) is 84.6 cm³/mol. The van der Waals surface area contributed by atoms with Crippen LogP contribution >= 0.6 is 0 Å². The minimum Gasteiger partial charge on any atom is -0.493 e. The molecule has 1 heterocycles. The van der Waals surface area contributed by atoms with Crippen LogP contribution in [0.2, 0.25) is 0 Å². The number of nitriles is 1. The molecule has 0 saturated carbocycles. The number of carbonyl (C=O) groups excluding carboxylic acids is 1. The van der Waals surface area contributed by atoms with E-state index in [-0.39, 0.29) is 5.78 Å². The van der Waals surface area contributed by atoms with Gasteiger partial charge in [0.05, 0.1) is 25.3 Å². The first-order valence-electron chi connectivity index (χ1n) is 7.24. The summed E-state index contributed by atoms with van der Waals surface area (Å²) >= 11 is 0. The fourth-order valence-corrected chi connectivity index (χ4v) is 2.35. The Morgan fingerprint density at radius 3 is 2.57 bits per heavy atom. The summed E-state index contributed by atoms with van der Waals surface area (Å²) in [4.78, 5) is 11.6. The van der Waals surface area contributed by atoms with E-state index in [1.165, 1.54) is 6.92 Å². The Bertz CT molecular complexity index is 763. The number of benzene rings is 1. The Balaban J connectivity index is 2.17. The van der Waals surface area contributed by atoms with Crippen molar-refractivity contribution in [1.82, 2.24) is 0 Å². The van der Waals surface area contributed by atoms with E-state index in [2.05, 4.69) is 0 Å². The number of carbonyl (C=O) groups is 1. The highest BCUT2D eigenvalue weighted by Gasteiger charge is 2.13. The van der Waals surface area contributed by atoms with Crippen LogP contribution in [0.25, 0.3) is 0 Å². The number of aryl methyl sites for hydroxylation is 2. The molecule has 23 heavy (non-hydrogen) atoms. The second-order valence-electron chi connectivity index (χ2n) is 5.12. The van der Waals surface area contributed by atoms with Gasteiger partial charge in [0.1, 0.15) is 6.07 Å². The molecule has 0 fully saturated rings. The largest absolute Gasteiger partial charge is 0.493 e. The lowest BCUT2D eigenvalue weighted by molar-refractivity contribution is -0.696. The molecule has 0 bridgehead atoms. The third kappa shape index (κ3) is 3.86. The summed E-state index contributed by atoms with van der Waals surface area (Å²) in [5.41, 5.74) is 1.95. The number of Topliss-reactive ketones (excluding diaryl/α,β-unsaturated/α-hetero) is 1. The van der Waals surface area contributed by atoms with Gasteiger partial charge in [0.25, 0.3) is 0 Å². The molecule has 0 spiro atoms. The lowest BCUT2D eigenvalue weighted by Crippen LogP contribution is -2.35. The van der Waals surface area contributed by atoms with Crippen molar-refractivity contribution in [2.45, 2.75) is 19.9 Å². The highest BCUT2D eigenvalue weighted by Crippen LogP contribution is 2.27. The minimum atomic E-state index is -0.109. The second kappa shape index (κ2) is 7.41. The first-order chi connectivity index (χ1) is 11.1. The predicted octanol–water partition coefficient (Wildman–Crippen LogP) is 2.31. The summed E-state index contributed by atoms with van der Waals surface area (Å²) in [5.74, 6) is 1.28. The Hall–Kier alpha value is -2.87. The highest BCUT2D eigenvalue weighted by atomic mass is 16.5. The molecular formula is C18H19N2O3+. The fraction of sp³-hybridized carbons (Fsp3) is 0.278. The van der Waals surface area contributed by atoms with E-state index < -0.39 is 0 Å². The average molecular weight is 311 g/mol. The molecule has 2 rings (SSSR count). The first kappa shape index (κ1) is 16.5. The number of rotatable bonds is 6. The van der Waals surface area contributed by atoms with Gasteiger partial charge >= 0.3 is 0 Å². The molecule has 0 radical (unpaired) electrons. The maximum Gasteiger partial charge on any atom is 0.180 e. The quantitative estimate of drug-likeness (QED) is 0.606. The third-order valence-electron chi connectivity index (χ3n) is 3.62. The van der Waals surface area contributed by atoms with Crippen LogP contribution in [0.1, 0.15) is 28.4 Å². The van der Waals surface area contributed by atoms with E-state index >= 15 is 0 Å². The van der Waals surface area contributed by atoms with Crippen molar-refractivity contribution in [3.63, 3.8) is 0 Å². The van der Waals surface area contributed by atoms with Crippen molar-refractivity contribution < 1.29 is 18.8 Å². The Labute approximate surface area is 135 Å². The van der Waals surface area contributed by atoms with Crippen LogP contribution in [0.3, 0.4) is 0 Å². The normalized spacial score (nSPS) is 10.0. The number of hydrogen-bond donors (Lipinski definition) is 0. The molecule has 118 valence electrons. The number of pyridine rings is 1. The van der Waals surface area contributed by atoms with E-state index in [0.717, 1.165) is 12.0 Å². The topological polar surface area (TPSA) is 63.2 Å². The fourth-order valence-electron chi connectivity index (χ4n) is 2.35. The number of ketones is 1. The van der Waals surface area contributed by atoms with Gasteiger partial charge in [0, 0.05) is 12.5 Å². The van der Waals surface area contributed by atoms with Gasteiger partial charge in [-0.05, 0) is 24.6 Å². The van der Waals surface area contributed by atoms with Crippen molar-refractivity contribution in [3.8, 4) is 17.6 Å². The van der Waals surface area contributed by atoms with Gasteiger partial charge in [0.15, 0.2) is 36.2 Å². The molecule has 0 unspecified atom stereocenters. The number of methoxy groups -OCH3 is 2. The number of hydrogen-bond acceptors (Lipinski definition) is 4. The van der Waals surface area contributed by atoms with E-state index in [9.17, 15) is 4.79 Å². The monoisotopic (exact) mass is 311 g/mol. The van der Waals surface area contributed by atoms with Gasteiger partial charge in [-0.3, -0.25) is 4.79 Å². The molecule has 0 aliphatic rings. The molecule has 0 aliphatic heterocycles. The maximum atomic E-state index is 11.6. The zero-order valence-electron chi connectivity index (χ0n) is 13.5. The van der Waals surface area contributed by atoms with Crippen molar-refractivity contribution >= 4 is 5.78 Å². The van der Waals surface area contributed by atoms with Crippen molar-refractivity contribution in [3.05, 3.63) is 53.3 Å². The Kier molecular flexibility index (Phi) is 5.32. The van der Waals surface area contributed by atoms with Crippen molar-refractivity contribution in [2.24, 2.45) is 0 Å². The van der Waals surface area contributed by atoms with Gasteiger partial charge in [0.2, 0.25) is 0 Å². The zero-order chi connectivity index (χ0) is 16.8. The summed E-state index contributed by atoms with van der Waals surface area (Å²) in [6.07, 6.45) is 4.31. The van der Waals surface area contributed by atoms with Crippen LogP contribution in [0, 0.1) is 11.3 Å². The molecule has 0 amide bonds. The van der Waals surface area contributed by atoms with Crippen molar-refractivity contribution in [1.29, 1.82) is 5.26 Å².